The van der Waals surface area contributed by atoms with E-state index in [1.165, 1.54) is 18.2 Å². The van der Waals surface area contributed by atoms with Crippen molar-refractivity contribution in [1.82, 2.24) is 0 Å². The molecule has 0 aromatic heterocycles. The lowest BCUT2D eigenvalue weighted by atomic mass is 10.00. The van der Waals surface area contributed by atoms with Crippen molar-refractivity contribution in [1.29, 1.82) is 0 Å². The number of benzene rings is 2. The van der Waals surface area contributed by atoms with Crippen molar-refractivity contribution in [3.8, 4) is 11.5 Å². The average Bonchev–Trinajstić information content (AvgIpc) is 2.80. The van der Waals surface area contributed by atoms with E-state index in [9.17, 15) is 23.1 Å². The van der Waals surface area contributed by atoms with Crippen LogP contribution in [0.2, 0.25) is 5.02 Å². The summed E-state index contributed by atoms with van der Waals surface area (Å²) < 4.78 is 48.5. The third-order valence-corrected chi connectivity index (χ3v) is 4.15. The number of aliphatic hydroxyl groups is 1. The van der Waals surface area contributed by atoms with E-state index in [0.717, 1.165) is 18.2 Å². The third-order valence-electron chi connectivity index (χ3n) is 3.86. The van der Waals surface area contributed by atoms with Crippen molar-refractivity contribution < 1.29 is 32.5 Å². The molecule has 1 unspecified atom stereocenters. The molecule has 0 spiro atoms. The molecule has 25 heavy (non-hydrogen) atoms. The van der Waals surface area contributed by atoms with Crippen LogP contribution in [0, 0.1) is 0 Å². The van der Waals surface area contributed by atoms with Crippen LogP contribution in [0.15, 0.2) is 36.4 Å². The zero-order valence-corrected chi connectivity index (χ0v) is 13.6. The number of ether oxygens (including phenoxy) is 2. The Kier molecular flexibility index (Phi) is 4.17. The minimum Gasteiger partial charge on any atom is -0.456 e. The minimum absolute atomic E-state index is 0.0138. The highest BCUT2D eigenvalue weighted by Crippen LogP contribution is 2.41. The normalized spacial score (nSPS) is 19.5. The summed E-state index contributed by atoms with van der Waals surface area (Å²) in [6.07, 6.45) is -4.37. The molecule has 1 aliphatic rings. The van der Waals surface area contributed by atoms with Gasteiger partial charge in [-0.05, 0) is 36.4 Å². The monoisotopic (exact) mass is 372 g/mol. The van der Waals surface area contributed by atoms with E-state index in [2.05, 4.69) is 0 Å². The number of hydrogen-bond acceptors (Lipinski definition) is 4. The molecule has 0 saturated carbocycles. The molecule has 8 heteroatoms. The number of carbonyl (C=O) groups excluding carboxylic acids is 1. The second-order valence-electron chi connectivity index (χ2n) is 5.48. The first kappa shape index (κ1) is 17.6. The van der Waals surface area contributed by atoms with Gasteiger partial charge in [-0.2, -0.15) is 13.2 Å². The van der Waals surface area contributed by atoms with Crippen molar-refractivity contribution >= 4 is 17.6 Å². The number of alkyl halides is 3. The Morgan fingerprint density at radius 3 is 2.56 bits per heavy atom. The smallest absolute Gasteiger partial charge is 0.416 e. The molecule has 0 aliphatic carbocycles. The summed E-state index contributed by atoms with van der Waals surface area (Å²) in [5.41, 5.74) is -0.450. The molecule has 1 aliphatic heterocycles. The number of hydrogen-bond donors (Lipinski definition) is 1. The van der Waals surface area contributed by atoms with Crippen LogP contribution in [-0.2, 0) is 16.7 Å². The lowest BCUT2D eigenvalue weighted by molar-refractivity contribution is -0.164. The maximum Gasteiger partial charge on any atom is 0.416 e. The molecule has 1 N–H and O–H groups in total. The topological polar surface area (TPSA) is 55.8 Å². The van der Waals surface area contributed by atoms with Gasteiger partial charge < -0.3 is 14.6 Å². The van der Waals surface area contributed by atoms with Crippen molar-refractivity contribution in [2.24, 2.45) is 0 Å². The number of esters is 1. The number of rotatable bonds is 3. The Bertz CT molecular complexity index is 850. The fourth-order valence-corrected chi connectivity index (χ4v) is 2.72. The van der Waals surface area contributed by atoms with E-state index in [1.807, 2.05) is 0 Å². The second-order valence-corrected chi connectivity index (χ2v) is 5.89. The van der Waals surface area contributed by atoms with Crippen molar-refractivity contribution in [3.05, 3.63) is 58.1 Å². The Balaban J connectivity index is 1.93. The van der Waals surface area contributed by atoms with Gasteiger partial charge in [0.05, 0.1) is 16.1 Å². The Labute approximate surface area is 145 Å². The van der Waals surface area contributed by atoms with Gasteiger partial charge in [0.2, 0.25) is 5.79 Å². The molecule has 0 amide bonds. The molecule has 0 fully saturated rings. The van der Waals surface area contributed by atoms with Gasteiger partial charge in [0.1, 0.15) is 11.5 Å². The van der Waals surface area contributed by atoms with Gasteiger partial charge in [-0.25, -0.2) is 4.79 Å². The Morgan fingerprint density at radius 2 is 1.96 bits per heavy atom. The van der Waals surface area contributed by atoms with E-state index in [-0.39, 0.29) is 34.1 Å². The van der Waals surface area contributed by atoms with Crippen LogP contribution in [0.5, 0.6) is 11.5 Å². The molecule has 1 atom stereocenters. The highest BCUT2D eigenvalue weighted by atomic mass is 35.5. The van der Waals surface area contributed by atoms with E-state index < -0.39 is 23.5 Å². The lowest BCUT2D eigenvalue weighted by Gasteiger charge is -2.20. The van der Waals surface area contributed by atoms with E-state index in [1.54, 1.807) is 6.92 Å². The second kappa shape index (κ2) is 5.93. The fraction of sp³-hybridized carbons (Fsp3) is 0.235. The predicted octanol–water partition coefficient (Wildman–Crippen LogP) is 4.88. The molecule has 2 aromatic rings. The van der Waals surface area contributed by atoms with Crippen molar-refractivity contribution in [3.63, 3.8) is 0 Å². The molecule has 132 valence electrons. The first-order valence-corrected chi connectivity index (χ1v) is 7.66. The molecule has 3 rings (SSSR count). The van der Waals surface area contributed by atoms with Crippen LogP contribution >= 0.6 is 11.6 Å². The molecular formula is C17H12ClF3O4. The van der Waals surface area contributed by atoms with Crippen molar-refractivity contribution in [2.45, 2.75) is 25.3 Å². The van der Waals surface area contributed by atoms with Gasteiger partial charge in [-0.1, -0.05) is 18.5 Å². The van der Waals surface area contributed by atoms with E-state index >= 15 is 0 Å². The maximum atomic E-state index is 12.7. The highest BCUT2D eigenvalue weighted by molar-refractivity contribution is 6.32. The number of carbonyl (C=O) groups is 1. The third kappa shape index (κ3) is 3.17. The molecule has 0 radical (unpaired) electrons. The quantitative estimate of drug-likeness (QED) is 0.780. The molecule has 4 nitrogen and oxygen atoms in total. The molecule has 0 saturated heterocycles. The standard InChI is InChI=1S/C17H12ClF3O4/c1-2-16(23)12-8-10(4-5-11(12)15(22)25-16)24-14-6-3-9(7-13(14)18)17(19,20)21/h3-8,23H,2H2,1H3. The van der Waals surface area contributed by atoms with Gasteiger partial charge in [-0.15, -0.1) is 0 Å². The molecule has 1 heterocycles. The van der Waals surface area contributed by atoms with Crippen LogP contribution in [0.25, 0.3) is 0 Å². The SMILES string of the molecule is CCC1(O)OC(=O)c2ccc(Oc3ccc(C(F)(F)F)cc3Cl)cc21. The first-order chi connectivity index (χ1) is 11.6. The summed E-state index contributed by atoms with van der Waals surface area (Å²) in [4.78, 5) is 11.7. The van der Waals surface area contributed by atoms with Gasteiger partial charge >= 0.3 is 12.1 Å². The lowest BCUT2D eigenvalue weighted by Crippen LogP contribution is -2.24. The molecular weight excluding hydrogens is 361 g/mol. The minimum atomic E-state index is -4.51. The van der Waals surface area contributed by atoms with Gasteiger partial charge in [0.15, 0.2) is 0 Å². The van der Waals surface area contributed by atoms with Crippen LogP contribution in [-0.4, -0.2) is 11.1 Å². The average molecular weight is 373 g/mol. The van der Waals surface area contributed by atoms with Gasteiger partial charge in [0, 0.05) is 12.0 Å². The predicted molar refractivity (Wildman–Crippen MR) is 82.6 cm³/mol. The van der Waals surface area contributed by atoms with Gasteiger partial charge in [-0.3, -0.25) is 0 Å². The summed E-state index contributed by atoms with van der Waals surface area (Å²) >= 11 is 5.86. The zero-order chi connectivity index (χ0) is 18.4. The van der Waals surface area contributed by atoms with Crippen LogP contribution < -0.4 is 4.74 Å². The fourth-order valence-electron chi connectivity index (χ4n) is 2.50. The number of fused-ring (bicyclic) bond motifs is 1. The largest absolute Gasteiger partial charge is 0.456 e. The van der Waals surface area contributed by atoms with Crippen LogP contribution in [0.3, 0.4) is 0 Å². The highest BCUT2D eigenvalue weighted by Gasteiger charge is 2.43. The number of cyclic esters (lactones) is 1. The summed E-state index contributed by atoms with van der Waals surface area (Å²) in [7, 11) is 0. The van der Waals surface area contributed by atoms with Crippen molar-refractivity contribution in [2.75, 3.05) is 0 Å². The van der Waals surface area contributed by atoms with E-state index in [4.69, 9.17) is 21.1 Å². The Morgan fingerprint density at radius 1 is 1.24 bits per heavy atom. The molecule has 2 aromatic carbocycles. The van der Waals surface area contributed by atoms with Crippen LogP contribution in [0.4, 0.5) is 13.2 Å². The number of halogens is 4. The zero-order valence-electron chi connectivity index (χ0n) is 12.9. The summed E-state index contributed by atoms with van der Waals surface area (Å²) in [6, 6.07) is 6.97. The van der Waals surface area contributed by atoms with Crippen LogP contribution in [0.1, 0.15) is 34.8 Å². The van der Waals surface area contributed by atoms with Gasteiger partial charge in [0.25, 0.3) is 0 Å². The van der Waals surface area contributed by atoms with E-state index in [0.29, 0.717) is 0 Å². The first-order valence-electron chi connectivity index (χ1n) is 7.29. The Hall–Kier alpha value is -2.25. The summed E-state index contributed by atoms with van der Waals surface area (Å²) in [5.74, 6) is -2.20. The molecule has 0 bridgehead atoms. The summed E-state index contributed by atoms with van der Waals surface area (Å²) in [6.45, 7) is 1.64. The maximum absolute atomic E-state index is 12.7. The summed E-state index contributed by atoms with van der Waals surface area (Å²) in [5, 5.41) is 10.1.